The van der Waals surface area contributed by atoms with Crippen molar-refractivity contribution in [3.63, 3.8) is 0 Å². The minimum atomic E-state index is -0.175. The Balaban J connectivity index is 1.56. The number of carbonyl (C=O) groups is 1. The molecule has 0 saturated heterocycles. The molecule has 0 aromatic heterocycles. The van der Waals surface area contributed by atoms with Crippen molar-refractivity contribution in [1.29, 1.82) is 0 Å². The van der Waals surface area contributed by atoms with E-state index in [9.17, 15) is 4.79 Å². The number of ketones is 1. The minimum Gasteiger partial charge on any atom is -0.372 e. The summed E-state index contributed by atoms with van der Waals surface area (Å²) in [5, 5.41) is 7.31. The van der Waals surface area contributed by atoms with Crippen molar-refractivity contribution < 1.29 is 4.79 Å². The number of anilines is 3. The highest BCUT2D eigenvalue weighted by Gasteiger charge is 2.36. The summed E-state index contributed by atoms with van der Waals surface area (Å²) in [5.41, 5.74) is 7.50. The molecule has 2 N–H and O–H groups in total. The lowest BCUT2D eigenvalue weighted by atomic mass is 9.78. The molecule has 5 rings (SSSR count). The molecular formula is C29H31N3O. The van der Waals surface area contributed by atoms with Crippen LogP contribution < -0.4 is 15.5 Å². The molecule has 0 radical (unpaired) electrons. The monoisotopic (exact) mass is 437 g/mol. The van der Waals surface area contributed by atoms with Crippen LogP contribution in [-0.2, 0) is 4.79 Å². The minimum absolute atomic E-state index is 0.175. The molecule has 0 spiro atoms. The summed E-state index contributed by atoms with van der Waals surface area (Å²) in [7, 11) is 0. The van der Waals surface area contributed by atoms with Crippen LogP contribution in [0.3, 0.4) is 0 Å². The molecule has 0 amide bonds. The zero-order chi connectivity index (χ0) is 22.8. The Labute approximate surface area is 196 Å². The van der Waals surface area contributed by atoms with Crippen molar-refractivity contribution in [3.8, 4) is 0 Å². The lowest BCUT2D eigenvalue weighted by Crippen LogP contribution is -2.27. The molecule has 2 unspecified atom stereocenters. The van der Waals surface area contributed by atoms with E-state index in [2.05, 4.69) is 90.0 Å². The third-order valence-corrected chi connectivity index (χ3v) is 6.93. The van der Waals surface area contributed by atoms with Gasteiger partial charge < -0.3 is 15.5 Å². The Morgan fingerprint density at radius 3 is 2.15 bits per heavy atom. The zero-order valence-corrected chi connectivity index (χ0v) is 19.3. The van der Waals surface area contributed by atoms with Gasteiger partial charge in [0.15, 0.2) is 5.78 Å². The van der Waals surface area contributed by atoms with E-state index in [1.54, 1.807) is 0 Å². The molecule has 3 aromatic rings. The third-order valence-electron chi connectivity index (χ3n) is 6.93. The van der Waals surface area contributed by atoms with E-state index in [1.165, 1.54) is 11.3 Å². The van der Waals surface area contributed by atoms with E-state index in [-0.39, 0.29) is 17.7 Å². The van der Waals surface area contributed by atoms with Crippen LogP contribution in [-0.4, -0.2) is 18.9 Å². The predicted molar refractivity (Wildman–Crippen MR) is 137 cm³/mol. The summed E-state index contributed by atoms with van der Waals surface area (Å²) < 4.78 is 0. The quantitative estimate of drug-likeness (QED) is 0.477. The first-order valence-electron chi connectivity index (χ1n) is 12.0. The maximum atomic E-state index is 13.6. The topological polar surface area (TPSA) is 44.4 Å². The van der Waals surface area contributed by atoms with Gasteiger partial charge in [0.05, 0.1) is 17.4 Å². The van der Waals surface area contributed by atoms with Gasteiger partial charge >= 0.3 is 0 Å². The number of para-hydroxylation sites is 2. The van der Waals surface area contributed by atoms with Crippen LogP contribution in [0.25, 0.3) is 0 Å². The van der Waals surface area contributed by atoms with Gasteiger partial charge in [0.2, 0.25) is 0 Å². The Morgan fingerprint density at radius 2 is 1.45 bits per heavy atom. The van der Waals surface area contributed by atoms with Gasteiger partial charge in [-0.25, -0.2) is 0 Å². The van der Waals surface area contributed by atoms with Crippen molar-refractivity contribution in [2.24, 2.45) is 0 Å². The van der Waals surface area contributed by atoms with E-state index in [0.717, 1.165) is 47.7 Å². The Bertz CT molecular complexity index is 1160. The van der Waals surface area contributed by atoms with Crippen molar-refractivity contribution in [2.75, 3.05) is 28.6 Å². The SMILES string of the molecule is CCN(CC)c1ccc(C2Nc3ccccc3NC3=C2C(=O)CC(c2ccccc2)C3)cc1. The molecule has 0 bridgehead atoms. The van der Waals surface area contributed by atoms with Gasteiger partial charge in [-0.1, -0.05) is 54.6 Å². The van der Waals surface area contributed by atoms with E-state index in [1.807, 2.05) is 18.2 Å². The number of fused-ring (bicyclic) bond motifs is 1. The fourth-order valence-corrected chi connectivity index (χ4v) is 5.17. The maximum absolute atomic E-state index is 13.6. The first-order chi connectivity index (χ1) is 16.2. The largest absolute Gasteiger partial charge is 0.372 e. The zero-order valence-electron chi connectivity index (χ0n) is 19.3. The molecule has 0 fully saturated rings. The van der Waals surface area contributed by atoms with Gasteiger partial charge in [0, 0.05) is 36.5 Å². The molecule has 1 aliphatic carbocycles. The number of Topliss-reactive ketones (excluding diaryl/α,β-unsaturated/α-hetero) is 1. The normalized spacial score (nSPS) is 19.6. The average molecular weight is 438 g/mol. The number of carbonyl (C=O) groups excluding carboxylic acids is 1. The number of hydrogen-bond acceptors (Lipinski definition) is 4. The molecule has 2 aliphatic rings. The number of allylic oxidation sites excluding steroid dienone is 1. The number of nitrogens with one attached hydrogen (secondary N) is 2. The molecule has 3 aromatic carbocycles. The van der Waals surface area contributed by atoms with Crippen LogP contribution in [0.1, 0.15) is 49.8 Å². The fraction of sp³-hybridized carbons (Fsp3) is 0.276. The summed E-state index contributed by atoms with van der Waals surface area (Å²) in [5.74, 6) is 0.414. The van der Waals surface area contributed by atoms with E-state index < -0.39 is 0 Å². The van der Waals surface area contributed by atoms with Crippen LogP contribution in [0.5, 0.6) is 0 Å². The number of nitrogens with zero attached hydrogens (tertiary/aromatic N) is 1. The van der Waals surface area contributed by atoms with Crippen molar-refractivity contribution in [2.45, 2.75) is 38.6 Å². The highest BCUT2D eigenvalue weighted by atomic mass is 16.1. The summed E-state index contributed by atoms with van der Waals surface area (Å²) in [4.78, 5) is 16.0. The van der Waals surface area contributed by atoms with Crippen molar-refractivity contribution in [1.82, 2.24) is 0 Å². The third kappa shape index (κ3) is 4.13. The smallest absolute Gasteiger partial charge is 0.163 e. The number of hydrogen-bond donors (Lipinski definition) is 2. The standard InChI is InChI=1S/C29H31N3O/c1-3-32(4-2)23-16-14-21(15-17-23)29-28-26(30-24-12-8-9-13-25(24)31-29)18-22(19-27(28)33)20-10-6-5-7-11-20/h5-17,22,29-31H,3-4,18-19H2,1-2H3. The molecule has 1 aliphatic heterocycles. The van der Waals surface area contributed by atoms with Crippen molar-refractivity contribution >= 4 is 22.8 Å². The maximum Gasteiger partial charge on any atom is 0.163 e. The molecule has 33 heavy (non-hydrogen) atoms. The molecule has 1 heterocycles. The average Bonchev–Trinajstić information content (AvgIpc) is 3.03. The second kappa shape index (κ2) is 9.14. The van der Waals surface area contributed by atoms with Gasteiger partial charge in [-0.15, -0.1) is 0 Å². The summed E-state index contributed by atoms with van der Waals surface area (Å²) in [6.45, 7) is 6.30. The van der Waals surface area contributed by atoms with E-state index in [0.29, 0.717) is 6.42 Å². The van der Waals surface area contributed by atoms with Crippen molar-refractivity contribution in [3.05, 3.63) is 101 Å². The Morgan fingerprint density at radius 1 is 0.788 bits per heavy atom. The second-order valence-corrected chi connectivity index (χ2v) is 8.84. The first-order valence-corrected chi connectivity index (χ1v) is 12.0. The predicted octanol–water partition coefficient (Wildman–Crippen LogP) is 6.51. The molecule has 168 valence electrons. The highest BCUT2D eigenvalue weighted by molar-refractivity contribution is 6.01. The number of benzene rings is 3. The van der Waals surface area contributed by atoms with Gasteiger partial charge in [-0.3, -0.25) is 4.79 Å². The Hall–Kier alpha value is -3.53. The summed E-state index contributed by atoms with van der Waals surface area (Å²) >= 11 is 0. The molecule has 4 heteroatoms. The van der Waals surface area contributed by atoms with Gasteiger partial charge in [0.1, 0.15) is 0 Å². The molecule has 4 nitrogen and oxygen atoms in total. The lowest BCUT2D eigenvalue weighted by molar-refractivity contribution is -0.116. The van der Waals surface area contributed by atoms with Crippen LogP contribution in [0, 0.1) is 0 Å². The summed E-state index contributed by atoms with van der Waals surface area (Å²) in [6, 6.07) is 27.1. The Kier molecular flexibility index (Phi) is 5.91. The number of rotatable bonds is 5. The lowest BCUT2D eigenvalue weighted by Gasteiger charge is -2.30. The van der Waals surface area contributed by atoms with Crippen LogP contribution in [0.4, 0.5) is 17.1 Å². The van der Waals surface area contributed by atoms with E-state index in [4.69, 9.17) is 0 Å². The van der Waals surface area contributed by atoms with Crippen LogP contribution in [0.15, 0.2) is 90.1 Å². The highest BCUT2D eigenvalue weighted by Crippen LogP contribution is 2.44. The fourth-order valence-electron chi connectivity index (χ4n) is 5.17. The van der Waals surface area contributed by atoms with E-state index >= 15 is 0 Å². The van der Waals surface area contributed by atoms with Crippen LogP contribution >= 0.6 is 0 Å². The summed E-state index contributed by atoms with van der Waals surface area (Å²) in [6.07, 6.45) is 1.37. The van der Waals surface area contributed by atoms with Gasteiger partial charge in [-0.2, -0.15) is 0 Å². The van der Waals surface area contributed by atoms with Crippen LogP contribution in [0.2, 0.25) is 0 Å². The first kappa shape index (κ1) is 21.3. The molecule has 2 atom stereocenters. The van der Waals surface area contributed by atoms with Gasteiger partial charge in [0.25, 0.3) is 0 Å². The molecule has 0 saturated carbocycles. The second-order valence-electron chi connectivity index (χ2n) is 8.84. The molecular weight excluding hydrogens is 406 g/mol. The van der Waals surface area contributed by atoms with Gasteiger partial charge in [-0.05, 0) is 61.6 Å².